The van der Waals surface area contributed by atoms with Crippen LogP contribution in [-0.2, 0) is 4.79 Å². The lowest BCUT2D eigenvalue weighted by Crippen LogP contribution is -2.17. The summed E-state index contributed by atoms with van der Waals surface area (Å²) in [5.74, 6) is -0.185. The first-order chi connectivity index (χ1) is 9.08. The maximum atomic E-state index is 11.7. The molecule has 0 aliphatic rings. The van der Waals surface area contributed by atoms with Crippen molar-refractivity contribution in [2.24, 2.45) is 5.73 Å². The molecular formula is C13H19N3O3. The van der Waals surface area contributed by atoms with Gasteiger partial charge in [-0.3, -0.25) is 9.59 Å². The van der Waals surface area contributed by atoms with Crippen molar-refractivity contribution in [2.45, 2.75) is 12.8 Å². The standard InChI is InChI=1S/C13H19N3O3/c1-15-7-3-4-12(17)16-10-8-9(13(14)18)5-6-11(10)19-2/h5-6,8,15H,3-4,7H2,1-2H3,(H2,14,18)(H,16,17). The van der Waals surface area contributed by atoms with E-state index in [0.717, 1.165) is 13.0 Å². The largest absolute Gasteiger partial charge is 0.495 e. The van der Waals surface area contributed by atoms with E-state index >= 15 is 0 Å². The summed E-state index contributed by atoms with van der Waals surface area (Å²) in [5, 5.41) is 5.68. The van der Waals surface area contributed by atoms with Crippen molar-refractivity contribution in [3.8, 4) is 5.75 Å². The topological polar surface area (TPSA) is 93.5 Å². The molecule has 1 aromatic carbocycles. The number of carbonyl (C=O) groups excluding carboxylic acids is 2. The Morgan fingerprint density at radius 2 is 2.11 bits per heavy atom. The predicted molar refractivity (Wildman–Crippen MR) is 73.3 cm³/mol. The summed E-state index contributed by atoms with van der Waals surface area (Å²) in [6.07, 6.45) is 1.13. The van der Waals surface area contributed by atoms with Crippen molar-refractivity contribution in [3.05, 3.63) is 23.8 Å². The maximum Gasteiger partial charge on any atom is 0.248 e. The fourth-order valence-corrected chi connectivity index (χ4v) is 1.60. The Labute approximate surface area is 112 Å². The molecule has 19 heavy (non-hydrogen) atoms. The molecule has 0 saturated carbocycles. The highest BCUT2D eigenvalue weighted by atomic mass is 16.5. The van der Waals surface area contributed by atoms with Gasteiger partial charge in [0.05, 0.1) is 12.8 Å². The van der Waals surface area contributed by atoms with Crippen LogP contribution in [-0.4, -0.2) is 32.5 Å². The van der Waals surface area contributed by atoms with Gasteiger partial charge in [0, 0.05) is 12.0 Å². The number of anilines is 1. The first-order valence-electron chi connectivity index (χ1n) is 6.00. The molecule has 0 unspecified atom stereocenters. The van der Waals surface area contributed by atoms with Crippen LogP contribution in [0.2, 0.25) is 0 Å². The van der Waals surface area contributed by atoms with Gasteiger partial charge in [0.15, 0.2) is 0 Å². The van der Waals surface area contributed by atoms with E-state index in [4.69, 9.17) is 10.5 Å². The molecule has 2 amide bonds. The average molecular weight is 265 g/mol. The van der Waals surface area contributed by atoms with Crippen molar-refractivity contribution in [1.82, 2.24) is 5.32 Å². The molecule has 0 fully saturated rings. The van der Waals surface area contributed by atoms with Crippen LogP contribution in [0.3, 0.4) is 0 Å². The van der Waals surface area contributed by atoms with Gasteiger partial charge < -0.3 is 21.1 Å². The van der Waals surface area contributed by atoms with Gasteiger partial charge in [0.25, 0.3) is 0 Å². The number of methoxy groups -OCH3 is 1. The molecule has 6 heteroatoms. The number of nitrogens with two attached hydrogens (primary N) is 1. The summed E-state index contributed by atoms with van der Waals surface area (Å²) in [6.45, 7) is 0.770. The lowest BCUT2D eigenvalue weighted by atomic mass is 10.1. The molecule has 0 aromatic heterocycles. The Hall–Kier alpha value is -2.08. The van der Waals surface area contributed by atoms with Crippen molar-refractivity contribution in [3.63, 3.8) is 0 Å². The van der Waals surface area contributed by atoms with Crippen LogP contribution >= 0.6 is 0 Å². The summed E-state index contributed by atoms with van der Waals surface area (Å²) in [6, 6.07) is 4.66. The summed E-state index contributed by atoms with van der Waals surface area (Å²) >= 11 is 0. The minimum absolute atomic E-state index is 0.129. The highest BCUT2D eigenvalue weighted by Gasteiger charge is 2.10. The zero-order valence-corrected chi connectivity index (χ0v) is 11.2. The van der Waals surface area contributed by atoms with Crippen molar-refractivity contribution in [1.29, 1.82) is 0 Å². The Morgan fingerprint density at radius 3 is 2.68 bits per heavy atom. The molecule has 4 N–H and O–H groups in total. The van der Waals surface area contributed by atoms with Crippen molar-refractivity contribution in [2.75, 3.05) is 26.0 Å². The molecule has 1 rings (SSSR count). The number of amides is 2. The van der Waals surface area contributed by atoms with E-state index in [0.29, 0.717) is 23.4 Å². The lowest BCUT2D eigenvalue weighted by molar-refractivity contribution is -0.116. The first-order valence-corrected chi connectivity index (χ1v) is 6.00. The number of benzene rings is 1. The second-order valence-electron chi connectivity index (χ2n) is 4.03. The van der Waals surface area contributed by atoms with Gasteiger partial charge in [0.2, 0.25) is 11.8 Å². The van der Waals surface area contributed by atoms with Crippen LogP contribution in [0.25, 0.3) is 0 Å². The van der Waals surface area contributed by atoms with Crippen LogP contribution in [0, 0.1) is 0 Å². The van der Waals surface area contributed by atoms with Crippen LogP contribution in [0.1, 0.15) is 23.2 Å². The Morgan fingerprint density at radius 1 is 1.37 bits per heavy atom. The van der Waals surface area contributed by atoms with E-state index in [-0.39, 0.29) is 5.91 Å². The van der Waals surface area contributed by atoms with Gasteiger partial charge in [0.1, 0.15) is 5.75 Å². The SMILES string of the molecule is CNCCCC(=O)Nc1cc(C(N)=O)ccc1OC. The normalized spacial score (nSPS) is 10.0. The smallest absolute Gasteiger partial charge is 0.248 e. The van der Waals surface area contributed by atoms with Crippen molar-refractivity contribution < 1.29 is 14.3 Å². The molecule has 0 spiro atoms. The van der Waals surface area contributed by atoms with Crippen LogP contribution in [0.15, 0.2) is 18.2 Å². The Bertz CT molecular complexity index is 460. The van der Waals surface area contributed by atoms with E-state index in [2.05, 4.69) is 10.6 Å². The molecule has 0 bridgehead atoms. The number of hydrogen-bond acceptors (Lipinski definition) is 4. The molecule has 104 valence electrons. The van der Waals surface area contributed by atoms with Gasteiger partial charge in [-0.15, -0.1) is 0 Å². The minimum atomic E-state index is -0.548. The van der Waals surface area contributed by atoms with Gasteiger partial charge in [-0.2, -0.15) is 0 Å². The molecule has 0 atom stereocenters. The molecule has 0 saturated heterocycles. The van der Waals surface area contributed by atoms with Crippen LogP contribution in [0.4, 0.5) is 5.69 Å². The number of rotatable bonds is 7. The number of hydrogen-bond donors (Lipinski definition) is 3. The summed E-state index contributed by atoms with van der Waals surface area (Å²) in [4.78, 5) is 22.8. The quantitative estimate of drug-likeness (QED) is 0.634. The highest BCUT2D eigenvalue weighted by Crippen LogP contribution is 2.25. The number of nitrogens with one attached hydrogen (secondary N) is 2. The maximum absolute atomic E-state index is 11.7. The second-order valence-corrected chi connectivity index (χ2v) is 4.03. The summed E-state index contributed by atoms with van der Waals surface area (Å²) in [5.41, 5.74) is 5.98. The van der Waals surface area contributed by atoms with Gasteiger partial charge in [-0.05, 0) is 38.2 Å². The molecular weight excluding hydrogens is 246 g/mol. The van der Waals surface area contributed by atoms with Crippen LogP contribution in [0.5, 0.6) is 5.75 Å². The minimum Gasteiger partial charge on any atom is -0.495 e. The predicted octanol–water partition coefficient (Wildman–Crippen LogP) is 0.732. The Balaban J connectivity index is 2.77. The molecule has 0 heterocycles. The Kier molecular flexibility index (Phi) is 5.81. The second kappa shape index (κ2) is 7.38. The van der Waals surface area contributed by atoms with Gasteiger partial charge in [-0.25, -0.2) is 0 Å². The molecule has 0 radical (unpaired) electrons. The van der Waals surface area contributed by atoms with Gasteiger partial charge >= 0.3 is 0 Å². The fourth-order valence-electron chi connectivity index (χ4n) is 1.60. The lowest BCUT2D eigenvalue weighted by Gasteiger charge is -2.11. The third-order valence-corrected chi connectivity index (χ3v) is 2.59. The third kappa shape index (κ3) is 4.59. The third-order valence-electron chi connectivity index (χ3n) is 2.59. The summed E-state index contributed by atoms with van der Waals surface area (Å²) in [7, 11) is 3.33. The van der Waals surface area contributed by atoms with E-state index in [9.17, 15) is 9.59 Å². The van der Waals surface area contributed by atoms with E-state index in [1.54, 1.807) is 12.1 Å². The average Bonchev–Trinajstić information content (AvgIpc) is 2.38. The zero-order chi connectivity index (χ0) is 14.3. The fraction of sp³-hybridized carbons (Fsp3) is 0.385. The monoisotopic (exact) mass is 265 g/mol. The number of primary amides is 1. The first kappa shape index (κ1) is 15.0. The van der Waals surface area contributed by atoms with E-state index in [1.807, 2.05) is 7.05 Å². The molecule has 0 aliphatic carbocycles. The number of carbonyl (C=O) groups is 2. The number of ether oxygens (including phenoxy) is 1. The van der Waals surface area contributed by atoms with Gasteiger partial charge in [-0.1, -0.05) is 0 Å². The van der Waals surface area contributed by atoms with Crippen LogP contribution < -0.4 is 21.1 Å². The summed E-state index contributed by atoms with van der Waals surface area (Å²) < 4.78 is 5.13. The van der Waals surface area contributed by atoms with E-state index < -0.39 is 5.91 Å². The molecule has 0 aliphatic heterocycles. The van der Waals surface area contributed by atoms with Crippen molar-refractivity contribution >= 4 is 17.5 Å². The highest BCUT2D eigenvalue weighted by molar-refractivity contribution is 5.97. The zero-order valence-electron chi connectivity index (χ0n) is 11.2. The molecule has 1 aromatic rings. The van der Waals surface area contributed by atoms with E-state index in [1.165, 1.54) is 13.2 Å². The molecule has 6 nitrogen and oxygen atoms in total.